The van der Waals surface area contributed by atoms with Crippen LogP contribution in [0.25, 0.3) is 0 Å². The highest BCUT2D eigenvalue weighted by Gasteiger charge is 2.08. The van der Waals surface area contributed by atoms with Crippen LogP contribution < -0.4 is 10.6 Å². The van der Waals surface area contributed by atoms with Crippen molar-refractivity contribution in [2.45, 2.75) is 45.2 Å². The molecule has 0 aliphatic carbocycles. The van der Waals surface area contributed by atoms with Crippen molar-refractivity contribution in [2.75, 3.05) is 33.2 Å². The monoisotopic (exact) mass is 382 g/mol. The molecule has 152 valence electrons. The topological polar surface area (TPSA) is 57.5 Å². The fraction of sp³-hybridized carbons (Fsp3) is 0.545. The summed E-state index contributed by atoms with van der Waals surface area (Å²) in [7, 11) is 1.82. The molecule has 2 aromatic rings. The molecule has 0 amide bonds. The van der Waals surface area contributed by atoms with Gasteiger partial charge in [0.2, 0.25) is 0 Å². The molecule has 0 atom stereocenters. The zero-order valence-electron chi connectivity index (χ0n) is 17.1. The van der Waals surface area contributed by atoms with Crippen molar-refractivity contribution in [2.24, 2.45) is 4.99 Å². The Morgan fingerprint density at radius 3 is 2.57 bits per heavy atom. The minimum atomic E-state index is 0.723. The van der Waals surface area contributed by atoms with Crippen LogP contribution in [0.4, 0.5) is 0 Å². The third-order valence-corrected chi connectivity index (χ3v) is 5.20. The van der Waals surface area contributed by atoms with Crippen molar-refractivity contribution < 1.29 is 0 Å². The maximum Gasteiger partial charge on any atom is 0.191 e. The van der Waals surface area contributed by atoms with E-state index in [1.54, 1.807) is 0 Å². The fourth-order valence-electron chi connectivity index (χ4n) is 3.63. The summed E-state index contributed by atoms with van der Waals surface area (Å²) in [6.07, 6.45) is 10.7. The number of guanidine groups is 1. The Bertz CT molecular complexity index is 701. The molecule has 2 N–H and O–H groups in total. The molecular weight excluding hydrogens is 348 g/mol. The van der Waals surface area contributed by atoms with Gasteiger partial charge in [-0.15, -0.1) is 0 Å². The molecule has 6 nitrogen and oxygen atoms in total. The number of benzene rings is 1. The summed E-state index contributed by atoms with van der Waals surface area (Å²) in [5, 5.41) is 11.3. The zero-order valence-corrected chi connectivity index (χ0v) is 17.1. The molecule has 1 saturated heterocycles. The van der Waals surface area contributed by atoms with Crippen LogP contribution >= 0.6 is 0 Å². The van der Waals surface area contributed by atoms with Crippen molar-refractivity contribution in [3.05, 3.63) is 53.9 Å². The van der Waals surface area contributed by atoms with Gasteiger partial charge in [-0.3, -0.25) is 9.67 Å². The number of hydrogen-bond acceptors (Lipinski definition) is 3. The highest BCUT2D eigenvalue weighted by Crippen LogP contribution is 2.09. The van der Waals surface area contributed by atoms with Crippen molar-refractivity contribution in [3.63, 3.8) is 0 Å². The van der Waals surface area contributed by atoms with E-state index >= 15 is 0 Å². The molecular formula is C22H34N6. The summed E-state index contributed by atoms with van der Waals surface area (Å²) in [5.74, 6) is 0.853. The SMILES string of the molecule is CN=C(NCCCN1CCCCCC1)NCc1cnn(Cc2ccccc2)c1. The predicted octanol–water partition coefficient (Wildman–Crippen LogP) is 2.86. The summed E-state index contributed by atoms with van der Waals surface area (Å²) in [6.45, 7) is 6.17. The summed E-state index contributed by atoms with van der Waals surface area (Å²) >= 11 is 0. The summed E-state index contributed by atoms with van der Waals surface area (Å²) in [5.41, 5.74) is 2.41. The average molecular weight is 383 g/mol. The van der Waals surface area contributed by atoms with Gasteiger partial charge in [-0.2, -0.15) is 5.10 Å². The number of aromatic nitrogens is 2. The van der Waals surface area contributed by atoms with Crippen LogP contribution in [-0.4, -0.2) is 53.9 Å². The Labute approximate surface area is 169 Å². The van der Waals surface area contributed by atoms with E-state index in [0.717, 1.165) is 37.6 Å². The predicted molar refractivity (Wildman–Crippen MR) is 115 cm³/mol. The van der Waals surface area contributed by atoms with E-state index in [9.17, 15) is 0 Å². The number of nitrogens with zero attached hydrogens (tertiary/aromatic N) is 4. The van der Waals surface area contributed by atoms with Gasteiger partial charge in [0.05, 0.1) is 12.7 Å². The smallest absolute Gasteiger partial charge is 0.191 e. The summed E-state index contributed by atoms with van der Waals surface area (Å²) in [6, 6.07) is 10.4. The van der Waals surface area contributed by atoms with E-state index in [4.69, 9.17) is 0 Å². The molecule has 0 bridgehead atoms. The van der Waals surface area contributed by atoms with Crippen molar-refractivity contribution in [1.29, 1.82) is 0 Å². The van der Waals surface area contributed by atoms with Crippen molar-refractivity contribution in [1.82, 2.24) is 25.3 Å². The number of rotatable bonds is 8. The quantitative estimate of drug-likeness (QED) is 0.419. The maximum atomic E-state index is 4.46. The van der Waals surface area contributed by atoms with Gasteiger partial charge >= 0.3 is 0 Å². The van der Waals surface area contributed by atoms with Crippen molar-refractivity contribution >= 4 is 5.96 Å². The second-order valence-electron chi connectivity index (χ2n) is 7.49. The molecule has 0 unspecified atom stereocenters. The number of aliphatic imine (C=N–C) groups is 1. The van der Waals surface area contributed by atoms with Crippen LogP contribution in [0.5, 0.6) is 0 Å². The largest absolute Gasteiger partial charge is 0.356 e. The van der Waals surface area contributed by atoms with Crippen LogP contribution in [-0.2, 0) is 13.1 Å². The summed E-state index contributed by atoms with van der Waals surface area (Å²) < 4.78 is 1.98. The lowest BCUT2D eigenvalue weighted by molar-refractivity contribution is 0.282. The normalized spacial score (nSPS) is 16.0. The van der Waals surface area contributed by atoms with Gasteiger partial charge in [0, 0.05) is 31.9 Å². The van der Waals surface area contributed by atoms with Gasteiger partial charge in [-0.25, -0.2) is 0 Å². The summed E-state index contributed by atoms with van der Waals surface area (Å²) in [4.78, 5) is 6.93. The average Bonchev–Trinajstić information content (AvgIpc) is 3.00. The standard InChI is InChI=1S/C22H34N6/c1-23-22(24-12-9-15-27-13-7-2-3-8-14-27)25-16-21-17-26-28(19-21)18-20-10-5-4-6-11-20/h4-6,10-11,17,19H,2-3,7-9,12-16,18H2,1H3,(H2,23,24,25). The first kappa shape index (κ1) is 20.4. The molecule has 1 fully saturated rings. The van der Waals surface area contributed by atoms with Crippen LogP contribution in [0.3, 0.4) is 0 Å². The number of nitrogens with one attached hydrogen (secondary N) is 2. The molecule has 1 aliphatic rings. The van der Waals surface area contributed by atoms with Gasteiger partial charge < -0.3 is 15.5 Å². The maximum absolute atomic E-state index is 4.46. The lowest BCUT2D eigenvalue weighted by Crippen LogP contribution is -2.38. The third-order valence-electron chi connectivity index (χ3n) is 5.20. The van der Waals surface area contributed by atoms with Crippen LogP contribution in [0.1, 0.15) is 43.2 Å². The van der Waals surface area contributed by atoms with E-state index in [2.05, 4.69) is 56.1 Å². The van der Waals surface area contributed by atoms with Crippen LogP contribution in [0, 0.1) is 0 Å². The van der Waals surface area contributed by atoms with Gasteiger partial charge in [0.1, 0.15) is 0 Å². The lowest BCUT2D eigenvalue weighted by Gasteiger charge is -2.20. The fourth-order valence-corrected chi connectivity index (χ4v) is 3.63. The minimum absolute atomic E-state index is 0.723. The van der Waals surface area contributed by atoms with Gasteiger partial charge in [0.25, 0.3) is 0 Å². The Kier molecular flexibility index (Phi) is 8.37. The Morgan fingerprint density at radius 2 is 1.82 bits per heavy atom. The molecule has 2 heterocycles. The Hall–Kier alpha value is -2.34. The van der Waals surface area contributed by atoms with E-state index in [-0.39, 0.29) is 0 Å². The molecule has 1 aromatic carbocycles. The van der Waals surface area contributed by atoms with E-state index in [1.807, 2.05) is 24.0 Å². The minimum Gasteiger partial charge on any atom is -0.356 e. The lowest BCUT2D eigenvalue weighted by atomic mass is 10.2. The van der Waals surface area contributed by atoms with Crippen LogP contribution in [0.15, 0.2) is 47.7 Å². The third kappa shape index (κ3) is 7.00. The molecule has 1 aliphatic heterocycles. The zero-order chi connectivity index (χ0) is 19.4. The molecule has 1 aromatic heterocycles. The van der Waals surface area contributed by atoms with E-state index < -0.39 is 0 Å². The first-order valence-electron chi connectivity index (χ1n) is 10.6. The van der Waals surface area contributed by atoms with Gasteiger partial charge in [-0.05, 0) is 44.5 Å². The second-order valence-corrected chi connectivity index (χ2v) is 7.49. The van der Waals surface area contributed by atoms with Gasteiger partial charge in [-0.1, -0.05) is 43.2 Å². The Balaban J connectivity index is 1.35. The van der Waals surface area contributed by atoms with Gasteiger partial charge in [0.15, 0.2) is 5.96 Å². The van der Waals surface area contributed by atoms with Crippen molar-refractivity contribution in [3.8, 4) is 0 Å². The molecule has 0 radical (unpaired) electrons. The van der Waals surface area contributed by atoms with E-state index in [0.29, 0.717) is 0 Å². The number of hydrogen-bond donors (Lipinski definition) is 2. The number of likely N-dealkylation sites (tertiary alicyclic amines) is 1. The second kappa shape index (κ2) is 11.5. The molecule has 0 spiro atoms. The first-order chi connectivity index (χ1) is 13.8. The molecule has 3 rings (SSSR count). The highest BCUT2D eigenvalue weighted by atomic mass is 15.3. The highest BCUT2D eigenvalue weighted by molar-refractivity contribution is 5.79. The van der Waals surface area contributed by atoms with E-state index in [1.165, 1.54) is 50.9 Å². The molecule has 28 heavy (non-hydrogen) atoms. The molecule has 6 heteroatoms. The first-order valence-corrected chi connectivity index (χ1v) is 10.6. The molecule has 0 saturated carbocycles. The Morgan fingerprint density at radius 1 is 1.04 bits per heavy atom. The van der Waals surface area contributed by atoms with Crippen LogP contribution in [0.2, 0.25) is 0 Å².